The molecule has 0 amide bonds. The summed E-state index contributed by atoms with van der Waals surface area (Å²) < 4.78 is 5.77. The molecule has 2 aromatic heterocycles. The molecule has 5 nitrogen and oxygen atoms in total. The Bertz CT molecular complexity index is 686. The third kappa shape index (κ3) is 3.86. The van der Waals surface area contributed by atoms with Crippen LogP contribution in [0.2, 0.25) is 0 Å². The molecule has 0 radical (unpaired) electrons. The summed E-state index contributed by atoms with van der Waals surface area (Å²) in [5, 5.41) is 8.83. The molecule has 0 spiro atoms. The third-order valence-corrected chi connectivity index (χ3v) is 3.62. The lowest BCUT2D eigenvalue weighted by atomic mass is 9.98. The van der Waals surface area contributed by atoms with Crippen molar-refractivity contribution in [2.75, 3.05) is 0 Å². The van der Waals surface area contributed by atoms with Gasteiger partial charge in [0.05, 0.1) is 0 Å². The second kappa shape index (κ2) is 6.77. The van der Waals surface area contributed by atoms with Crippen LogP contribution in [0.4, 0.5) is 0 Å². The van der Waals surface area contributed by atoms with Crippen LogP contribution in [0.3, 0.4) is 0 Å². The number of hydrogen-bond acceptors (Lipinski definition) is 4. The summed E-state index contributed by atoms with van der Waals surface area (Å²) in [4.78, 5) is 27.0. The number of hydrogen-bond donors (Lipinski definition) is 1. The fourth-order valence-corrected chi connectivity index (χ4v) is 2.39. The van der Waals surface area contributed by atoms with Crippen molar-refractivity contribution in [1.29, 1.82) is 0 Å². The van der Waals surface area contributed by atoms with Crippen molar-refractivity contribution in [3.63, 3.8) is 0 Å². The van der Waals surface area contributed by atoms with Crippen LogP contribution in [0, 0.1) is 0 Å². The zero-order valence-electron chi connectivity index (χ0n) is 13.8. The van der Waals surface area contributed by atoms with Gasteiger partial charge in [0, 0.05) is 18.5 Å². The Hall–Kier alpha value is -2.43. The summed E-state index contributed by atoms with van der Waals surface area (Å²) in [6.07, 6.45) is 1.55. The monoisotopic (exact) mass is 315 g/mol. The number of aromatic carboxylic acids is 1. The number of aromatic nitrogens is 1. The molecule has 0 aromatic carbocycles. The predicted octanol–water partition coefficient (Wildman–Crippen LogP) is 4.05. The molecule has 0 aliphatic rings. The number of Topliss-reactive ketones (excluding diaryl/α,β-unsaturated/α-hetero) is 1. The SMILES string of the molecule is CC(C)c1cc(C(=O)Cc2ccc(C(=O)O)nc2)oc1C(C)C. The number of carboxylic acids is 1. The number of carbonyl (C=O) groups excluding carboxylic acids is 1. The Kier molecular flexibility index (Phi) is 4.98. The molecule has 0 aliphatic heterocycles. The summed E-state index contributed by atoms with van der Waals surface area (Å²) in [5.74, 6) is 0.475. The molecule has 0 aliphatic carbocycles. The molecular weight excluding hydrogens is 294 g/mol. The van der Waals surface area contributed by atoms with Crippen LogP contribution in [0.1, 0.15) is 77.5 Å². The first-order chi connectivity index (χ1) is 10.8. The molecule has 2 heterocycles. The lowest BCUT2D eigenvalue weighted by Gasteiger charge is -2.07. The molecule has 0 fully saturated rings. The van der Waals surface area contributed by atoms with Crippen LogP contribution in [0.15, 0.2) is 28.8 Å². The molecule has 0 saturated carbocycles. The Balaban J connectivity index is 2.20. The smallest absolute Gasteiger partial charge is 0.354 e. The van der Waals surface area contributed by atoms with Crippen LogP contribution >= 0.6 is 0 Å². The molecule has 0 bridgehead atoms. The molecule has 2 rings (SSSR count). The molecule has 0 saturated heterocycles. The highest BCUT2D eigenvalue weighted by Gasteiger charge is 2.20. The minimum Gasteiger partial charge on any atom is -0.477 e. The van der Waals surface area contributed by atoms with Crippen molar-refractivity contribution >= 4 is 11.8 Å². The number of ketones is 1. The van der Waals surface area contributed by atoms with Crippen LogP contribution in [0.25, 0.3) is 0 Å². The first kappa shape index (κ1) is 16.9. The van der Waals surface area contributed by atoms with Crippen LogP contribution in [0.5, 0.6) is 0 Å². The highest BCUT2D eigenvalue weighted by molar-refractivity contribution is 5.95. The number of rotatable bonds is 6. The van der Waals surface area contributed by atoms with Crippen molar-refractivity contribution in [2.45, 2.75) is 46.0 Å². The Morgan fingerprint density at radius 1 is 1.17 bits per heavy atom. The molecule has 0 atom stereocenters. The lowest BCUT2D eigenvalue weighted by molar-refractivity contribution is 0.0690. The average molecular weight is 315 g/mol. The highest BCUT2D eigenvalue weighted by atomic mass is 16.4. The van der Waals surface area contributed by atoms with Crippen LogP contribution in [-0.4, -0.2) is 21.8 Å². The number of nitrogens with zero attached hydrogens (tertiary/aromatic N) is 1. The fourth-order valence-electron chi connectivity index (χ4n) is 2.39. The van der Waals surface area contributed by atoms with E-state index in [4.69, 9.17) is 9.52 Å². The van der Waals surface area contributed by atoms with Gasteiger partial charge in [0.15, 0.2) is 5.76 Å². The largest absolute Gasteiger partial charge is 0.477 e. The van der Waals surface area contributed by atoms with Gasteiger partial charge in [0.25, 0.3) is 0 Å². The van der Waals surface area contributed by atoms with Crippen molar-refractivity contribution < 1.29 is 19.1 Å². The van der Waals surface area contributed by atoms with E-state index in [2.05, 4.69) is 18.8 Å². The minimum atomic E-state index is -1.09. The molecular formula is C18H21NO4. The van der Waals surface area contributed by atoms with E-state index >= 15 is 0 Å². The normalized spacial score (nSPS) is 11.2. The van der Waals surface area contributed by atoms with Crippen molar-refractivity contribution in [3.05, 3.63) is 52.7 Å². The Morgan fingerprint density at radius 3 is 2.30 bits per heavy atom. The second-order valence-corrected chi connectivity index (χ2v) is 6.20. The Morgan fingerprint density at radius 2 is 1.87 bits per heavy atom. The molecule has 5 heteroatoms. The summed E-state index contributed by atoms with van der Waals surface area (Å²) in [5.41, 5.74) is 1.68. The van der Waals surface area contributed by atoms with E-state index in [1.54, 1.807) is 6.07 Å². The quantitative estimate of drug-likeness (QED) is 0.813. The average Bonchev–Trinajstić information content (AvgIpc) is 2.93. The summed E-state index contributed by atoms with van der Waals surface area (Å²) in [6, 6.07) is 4.82. The van der Waals surface area contributed by atoms with E-state index in [0.717, 1.165) is 11.3 Å². The zero-order valence-corrected chi connectivity index (χ0v) is 13.8. The molecule has 1 N–H and O–H groups in total. The second-order valence-electron chi connectivity index (χ2n) is 6.20. The van der Waals surface area contributed by atoms with Gasteiger partial charge in [-0.3, -0.25) is 4.79 Å². The minimum absolute atomic E-state index is 0.0385. The number of pyridine rings is 1. The summed E-state index contributed by atoms with van der Waals surface area (Å²) in [7, 11) is 0. The van der Waals surface area contributed by atoms with E-state index < -0.39 is 5.97 Å². The van der Waals surface area contributed by atoms with Gasteiger partial charge in [-0.15, -0.1) is 0 Å². The standard InChI is InChI=1S/C18H21NO4/c1-10(2)13-8-16(23-17(13)11(3)4)15(20)7-12-5-6-14(18(21)22)19-9-12/h5-6,8-11H,7H2,1-4H3,(H,21,22). The summed E-state index contributed by atoms with van der Waals surface area (Å²) >= 11 is 0. The maximum Gasteiger partial charge on any atom is 0.354 e. The van der Waals surface area contributed by atoms with Gasteiger partial charge in [0.2, 0.25) is 5.78 Å². The first-order valence-corrected chi connectivity index (χ1v) is 7.64. The maximum atomic E-state index is 12.4. The van der Waals surface area contributed by atoms with E-state index in [9.17, 15) is 9.59 Å². The van der Waals surface area contributed by atoms with Crippen molar-refractivity contribution in [2.24, 2.45) is 0 Å². The number of carboxylic acid groups (broad SMARTS) is 1. The predicted molar refractivity (Wildman–Crippen MR) is 86.1 cm³/mol. The first-order valence-electron chi connectivity index (χ1n) is 7.64. The molecule has 2 aromatic rings. The highest BCUT2D eigenvalue weighted by Crippen LogP contribution is 2.30. The van der Waals surface area contributed by atoms with E-state index in [0.29, 0.717) is 11.3 Å². The van der Waals surface area contributed by atoms with Gasteiger partial charge >= 0.3 is 5.97 Å². The van der Waals surface area contributed by atoms with Crippen molar-refractivity contribution in [1.82, 2.24) is 4.98 Å². The van der Waals surface area contributed by atoms with Crippen LogP contribution < -0.4 is 0 Å². The molecule has 23 heavy (non-hydrogen) atoms. The zero-order chi connectivity index (χ0) is 17.1. The van der Waals surface area contributed by atoms with Gasteiger partial charge in [-0.25, -0.2) is 9.78 Å². The van der Waals surface area contributed by atoms with Gasteiger partial charge < -0.3 is 9.52 Å². The molecule has 122 valence electrons. The van der Waals surface area contributed by atoms with E-state index in [1.165, 1.54) is 12.3 Å². The van der Waals surface area contributed by atoms with Gasteiger partial charge in [-0.2, -0.15) is 0 Å². The topological polar surface area (TPSA) is 80.4 Å². The fraction of sp³-hybridized carbons (Fsp3) is 0.389. The number of furan rings is 1. The van der Waals surface area contributed by atoms with Gasteiger partial charge in [-0.1, -0.05) is 33.8 Å². The van der Waals surface area contributed by atoms with E-state index in [-0.39, 0.29) is 29.7 Å². The Labute approximate surface area is 135 Å². The van der Waals surface area contributed by atoms with Crippen molar-refractivity contribution in [3.8, 4) is 0 Å². The van der Waals surface area contributed by atoms with Gasteiger partial charge in [-0.05, 0) is 29.2 Å². The van der Waals surface area contributed by atoms with Gasteiger partial charge in [0.1, 0.15) is 11.5 Å². The maximum absolute atomic E-state index is 12.4. The van der Waals surface area contributed by atoms with Crippen LogP contribution in [-0.2, 0) is 6.42 Å². The number of carbonyl (C=O) groups is 2. The van der Waals surface area contributed by atoms with E-state index in [1.807, 2.05) is 19.9 Å². The third-order valence-electron chi connectivity index (χ3n) is 3.62. The lowest BCUT2D eigenvalue weighted by Crippen LogP contribution is -2.05. The molecule has 0 unspecified atom stereocenters. The summed E-state index contributed by atoms with van der Waals surface area (Å²) in [6.45, 7) is 8.21.